The molecule has 1 heteroatoms. The van der Waals surface area contributed by atoms with Gasteiger partial charge in [-0.05, 0) is 49.6 Å². The van der Waals surface area contributed by atoms with Crippen molar-refractivity contribution < 1.29 is 0 Å². The molecule has 2 saturated carbocycles. The van der Waals surface area contributed by atoms with E-state index in [0.717, 1.165) is 24.3 Å². The van der Waals surface area contributed by atoms with Gasteiger partial charge >= 0.3 is 0 Å². The summed E-state index contributed by atoms with van der Waals surface area (Å²) in [5, 5.41) is 3.72. The van der Waals surface area contributed by atoms with Crippen molar-refractivity contribution in [3.8, 4) is 0 Å². The van der Waals surface area contributed by atoms with Gasteiger partial charge < -0.3 is 5.32 Å². The van der Waals surface area contributed by atoms with Crippen molar-refractivity contribution in [1.82, 2.24) is 5.32 Å². The molecule has 3 unspecified atom stereocenters. The number of rotatable bonds is 4. The fourth-order valence-corrected chi connectivity index (χ4v) is 3.93. The van der Waals surface area contributed by atoms with Crippen LogP contribution in [0.1, 0.15) is 43.4 Å². The molecule has 0 saturated heterocycles. The fraction of sp³-hybridized carbons (Fsp3) is 0.625. The molecular weight excluding hydrogens is 206 g/mol. The van der Waals surface area contributed by atoms with E-state index in [-0.39, 0.29) is 0 Å². The highest BCUT2D eigenvalue weighted by Crippen LogP contribution is 2.62. The van der Waals surface area contributed by atoms with Crippen LogP contribution in [0.3, 0.4) is 0 Å². The van der Waals surface area contributed by atoms with E-state index in [1.165, 1.54) is 30.4 Å². The summed E-state index contributed by atoms with van der Waals surface area (Å²) in [6.45, 7) is 5.50. The summed E-state index contributed by atoms with van der Waals surface area (Å²) < 4.78 is 0. The van der Waals surface area contributed by atoms with E-state index in [1.54, 1.807) is 0 Å². The zero-order valence-corrected chi connectivity index (χ0v) is 10.9. The number of hydrogen-bond donors (Lipinski definition) is 1. The highest BCUT2D eigenvalue weighted by atomic mass is 14.9. The van der Waals surface area contributed by atoms with Crippen molar-refractivity contribution in [2.24, 2.45) is 17.8 Å². The first kappa shape index (κ1) is 11.3. The molecule has 3 atom stereocenters. The van der Waals surface area contributed by atoms with Crippen molar-refractivity contribution in [3.63, 3.8) is 0 Å². The second kappa shape index (κ2) is 4.45. The Morgan fingerprint density at radius 2 is 2.06 bits per heavy atom. The number of fused-ring (bicyclic) bond motifs is 1. The average molecular weight is 229 g/mol. The largest absolute Gasteiger partial charge is 0.310 e. The third-order valence-corrected chi connectivity index (χ3v) is 4.68. The lowest BCUT2D eigenvalue weighted by Crippen LogP contribution is -2.24. The van der Waals surface area contributed by atoms with Crippen molar-refractivity contribution in [2.75, 3.05) is 6.54 Å². The van der Waals surface area contributed by atoms with Gasteiger partial charge in [0.1, 0.15) is 0 Å². The summed E-state index contributed by atoms with van der Waals surface area (Å²) in [6.07, 6.45) is 4.42. The van der Waals surface area contributed by atoms with E-state index in [1.807, 2.05) is 0 Å². The Kier molecular flexibility index (Phi) is 2.96. The SMILES string of the molecule is CCNC(c1cccc(C)c1)C1C2CCCC21. The maximum Gasteiger partial charge on any atom is 0.0354 e. The maximum absolute atomic E-state index is 3.72. The first-order valence-electron chi connectivity index (χ1n) is 7.11. The van der Waals surface area contributed by atoms with Gasteiger partial charge in [-0.25, -0.2) is 0 Å². The monoisotopic (exact) mass is 229 g/mol. The van der Waals surface area contributed by atoms with Gasteiger partial charge in [0.2, 0.25) is 0 Å². The minimum atomic E-state index is 0.607. The Balaban J connectivity index is 1.80. The molecule has 1 N–H and O–H groups in total. The summed E-state index contributed by atoms with van der Waals surface area (Å²) in [6, 6.07) is 9.67. The van der Waals surface area contributed by atoms with E-state index in [0.29, 0.717) is 6.04 Å². The molecule has 1 nitrogen and oxygen atoms in total. The van der Waals surface area contributed by atoms with Crippen LogP contribution in [0.25, 0.3) is 0 Å². The Hall–Kier alpha value is -0.820. The predicted molar refractivity (Wildman–Crippen MR) is 71.9 cm³/mol. The molecule has 0 spiro atoms. The Bertz CT molecular complexity index is 388. The van der Waals surface area contributed by atoms with Crippen molar-refractivity contribution in [1.29, 1.82) is 0 Å². The third-order valence-electron chi connectivity index (χ3n) is 4.68. The van der Waals surface area contributed by atoms with Crippen LogP contribution in [0.5, 0.6) is 0 Å². The molecular formula is C16H23N. The molecule has 1 aromatic carbocycles. The second-order valence-electron chi connectivity index (χ2n) is 5.79. The molecule has 3 rings (SSSR count). The van der Waals surface area contributed by atoms with Gasteiger partial charge in [-0.3, -0.25) is 0 Å². The Morgan fingerprint density at radius 1 is 1.29 bits per heavy atom. The van der Waals surface area contributed by atoms with E-state index in [2.05, 4.69) is 43.4 Å². The van der Waals surface area contributed by atoms with Crippen LogP contribution in [0.4, 0.5) is 0 Å². The van der Waals surface area contributed by atoms with Gasteiger partial charge in [0, 0.05) is 6.04 Å². The molecule has 1 aromatic rings. The van der Waals surface area contributed by atoms with E-state index >= 15 is 0 Å². The summed E-state index contributed by atoms with van der Waals surface area (Å²) in [5.74, 6) is 2.98. The molecule has 0 aromatic heterocycles. The standard InChI is InChI=1S/C16H23N/c1-3-17-16(12-7-4-6-11(2)10-12)15-13-8-5-9-14(13)15/h4,6-7,10,13-17H,3,5,8-9H2,1-2H3. The maximum atomic E-state index is 3.72. The zero-order chi connectivity index (χ0) is 11.8. The number of benzene rings is 1. The lowest BCUT2D eigenvalue weighted by Gasteiger charge is -2.20. The smallest absolute Gasteiger partial charge is 0.0354 e. The lowest BCUT2D eigenvalue weighted by molar-refractivity contribution is 0.425. The molecule has 0 radical (unpaired) electrons. The minimum Gasteiger partial charge on any atom is -0.310 e. The molecule has 17 heavy (non-hydrogen) atoms. The summed E-state index contributed by atoms with van der Waals surface area (Å²) in [5.41, 5.74) is 2.89. The van der Waals surface area contributed by atoms with Crippen molar-refractivity contribution in [2.45, 2.75) is 39.2 Å². The third kappa shape index (κ3) is 2.01. The second-order valence-corrected chi connectivity index (χ2v) is 5.79. The van der Waals surface area contributed by atoms with Gasteiger partial charge in [0.25, 0.3) is 0 Å². The topological polar surface area (TPSA) is 12.0 Å². The van der Waals surface area contributed by atoms with E-state index < -0.39 is 0 Å². The quantitative estimate of drug-likeness (QED) is 0.830. The highest BCUT2D eigenvalue weighted by molar-refractivity contribution is 5.28. The number of aryl methyl sites for hydroxylation is 1. The Morgan fingerprint density at radius 3 is 2.71 bits per heavy atom. The van der Waals surface area contributed by atoms with E-state index in [4.69, 9.17) is 0 Å². The summed E-state index contributed by atoms with van der Waals surface area (Å²) in [7, 11) is 0. The van der Waals surface area contributed by atoms with Gasteiger partial charge in [-0.15, -0.1) is 0 Å². The first-order valence-corrected chi connectivity index (χ1v) is 7.11. The van der Waals surface area contributed by atoms with Gasteiger partial charge in [-0.1, -0.05) is 43.2 Å². The van der Waals surface area contributed by atoms with Gasteiger partial charge in [0.05, 0.1) is 0 Å². The molecule has 2 aliphatic rings. The first-order chi connectivity index (χ1) is 8.31. The molecule has 0 bridgehead atoms. The van der Waals surface area contributed by atoms with E-state index in [9.17, 15) is 0 Å². The van der Waals surface area contributed by atoms with Crippen molar-refractivity contribution in [3.05, 3.63) is 35.4 Å². The summed E-state index contributed by atoms with van der Waals surface area (Å²) in [4.78, 5) is 0. The normalized spacial score (nSPS) is 32.2. The van der Waals surface area contributed by atoms with Crippen LogP contribution >= 0.6 is 0 Å². The van der Waals surface area contributed by atoms with Crippen LogP contribution in [0.15, 0.2) is 24.3 Å². The van der Waals surface area contributed by atoms with Crippen LogP contribution in [-0.2, 0) is 0 Å². The predicted octanol–water partition coefficient (Wildman–Crippen LogP) is 3.69. The average Bonchev–Trinajstić information content (AvgIpc) is 2.79. The minimum absolute atomic E-state index is 0.607. The molecule has 2 fully saturated rings. The molecule has 0 heterocycles. The Labute approximate surface area is 105 Å². The van der Waals surface area contributed by atoms with Crippen LogP contribution in [0, 0.1) is 24.7 Å². The van der Waals surface area contributed by atoms with Crippen LogP contribution in [-0.4, -0.2) is 6.54 Å². The summed E-state index contributed by atoms with van der Waals surface area (Å²) >= 11 is 0. The number of hydrogen-bond acceptors (Lipinski definition) is 1. The van der Waals surface area contributed by atoms with Crippen molar-refractivity contribution >= 4 is 0 Å². The molecule has 92 valence electrons. The lowest BCUT2D eigenvalue weighted by atomic mass is 9.96. The number of nitrogens with one attached hydrogen (secondary N) is 1. The van der Waals surface area contributed by atoms with Crippen LogP contribution < -0.4 is 5.32 Å². The zero-order valence-electron chi connectivity index (χ0n) is 10.9. The molecule has 2 aliphatic carbocycles. The highest BCUT2D eigenvalue weighted by Gasteiger charge is 2.55. The van der Waals surface area contributed by atoms with Gasteiger partial charge in [0.15, 0.2) is 0 Å². The van der Waals surface area contributed by atoms with Gasteiger partial charge in [-0.2, -0.15) is 0 Å². The molecule has 0 amide bonds. The van der Waals surface area contributed by atoms with Crippen LogP contribution in [0.2, 0.25) is 0 Å². The molecule has 0 aliphatic heterocycles. The fourth-order valence-electron chi connectivity index (χ4n) is 3.93.